The first-order chi connectivity index (χ1) is 7.56. The molecule has 0 aliphatic heterocycles. The van der Waals surface area contributed by atoms with Crippen LogP contribution in [0.15, 0.2) is 12.1 Å². The Morgan fingerprint density at radius 2 is 2.00 bits per heavy atom. The van der Waals surface area contributed by atoms with Crippen molar-refractivity contribution >= 4 is 11.7 Å². The first-order valence-corrected chi connectivity index (χ1v) is 5.17. The van der Waals surface area contributed by atoms with Gasteiger partial charge in [-0.15, -0.1) is 0 Å². The van der Waals surface area contributed by atoms with Gasteiger partial charge in [0.1, 0.15) is 0 Å². The maximum absolute atomic E-state index is 11.6. The van der Waals surface area contributed by atoms with E-state index in [4.69, 9.17) is 15.2 Å². The van der Waals surface area contributed by atoms with E-state index in [0.29, 0.717) is 17.9 Å². The molecule has 1 aromatic carbocycles. The first kappa shape index (κ1) is 12.5. The van der Waals surface area contributed by atoms with E-state index in [-0.39, 0.29) is 6.79 Å². The zero-order chi connectivity index (χ0) is 12.1. The van der Waals surface area contributed by atoms with Crippen LogP contribution in [-0.2, 0) is 9.47 Å². The zero-order valence-electron chi connectivity index (χ0n) is 9.87. The van der Waals surface area contributed by atoms with Crippen molar-refractivity contribution in [2.45, 2.75) is 20.8 Å². The average Bonchev–Trinajstić information content (AvgIpc) is 2.23. The van der Waals surface area contributed by atoms with Gasteiger partial charge in [0.05, 0.1) is 5.56 Å². The molecule has 0 aromatic heterocycles. The standard InChI is InChI=1S/C12H17NO3/c1-4-15-7-16-12(14)10-6-11(13)9(3)5-8(10)2/h5-6H,4,7,13H2,1-3H3. The fraction of sp³-hybridized carbons (Fsp3) is 0.417. The molecule has 0 bridgehead atoms. The Bertz CT molecular complexity index is 388. The predicted octanol–water partition coefficient (Wildman–Crippen LogP) is 2.04. The summed E-state index contributed by atoms with van der Waals surface area (Å²) in [5.74, 6) is -0.405. The highest BCUT2D eigenvalue weighted by atomic mass is 16.7. The van der Waals surface area contributed by atoms with E-state index in [1.54, 1.807) is 6.07 Å². The van der Waals surface area contributed by atoms with E-state index in [2.05, 4.69) is 0 Å². The summed E-state index contributed by atoms with van der Waals surface area (Å²) in [5, 5.41) is 0. The number of anilines is 1. The largest absolute Gasteiger partial charge is 0.435 e. The number of nitrogens with two attached hydrogens (primary N) is 1. The van der Waals surface area contributed by atoms with E-state index in [0.717, 1.165) is 11.1 Å². The molecule has 0 saturated heterocycles. The summed E-state index contributed by atoms with van der Waals surface area (Å²) in [6, 6.07) is 3.51. The number of carbonyl (C=O) groups excluding carboxylic acids is 1. The highest BCUT2D eigenvalue weighted by molar-refractivity contribution is 5.92. The van der Waals surface area contributed by atoms with E-state index >= 15 is 0 Å². The predicted molar refractivity (Wildman–Crippen MR) is 62.2 cm³/mol. The molecule has 0 radical (unpaired) electrons. The summed E-state index contributed by atoms with van der Waals surface area (Å²) in [6.07, 6.45) is 0. The average molecular weight is 223 g/mol. The SMILES string of the molecule is CCOCOC(=O)c1cc(N)c(C)cc1C. The number of rotatable bonds is 4. The second-order valence-electron chi connectivity index (χ2n) is 3.57. The molecule has 16 heavy (non-hydrogen) atoms. The van der Waals surface area contributed by atoms with Crippen molar-refractivity contribution in [2.24, 2.45) is 0 Å². The topological polar surface area (TPSA) is 61.5 Å². The smallest absolute Gasteiger partial charge is 0.340 e. The quantitative estimate of drug-likeness (QED) is 0.367. The highest BCUT2D eigenvalue weighted by Gasteiger charge is 2.12. The lowest BCUT2D eigenvalue weighted by molar-refractivity contribution is -0.0275. The van der Waals surface area contributed by atoms with Crippen LogP contribution in [0.2, 0.25) is 0 Å². The Morgan fingerprint density at radius 1 is 1.31 bits per heavy atom. The number of nitrogen functional groups attached to an aromatic ring is 1. The molecule has 0 spiro atoms. The van der Waals surface area contributed by atoms with Gasteiger partial charge >= 0.3 is 5.97 Å². The second-order valence-corrected chi connectivity index (χ2v) is 3.57. The van der Waals surface area contributed by atoms with Gasteiger partial charge in [0.2, 0.25) is 0 Å². The van der Waals surface area contributed by atoms with Crippen LogP contribution in [0.4, 0.5) is 5.69 Å². The third kappa shape index (κ3) is 2.97. The Hall–Kier alpha value is -1.55. The molecule has 0 unspecified atom stereocenters. The van der Waals surface area contributed by atoms with E-state index < -0.39 is 5.97 Å². The fourth-order valence-corrected chi connectivity index (χ4v) is 1.35. The molecule has 88 valence electrons. The maximum Gasteiger partial charge on any atom is 0.340 e. The van der Waals surface area contributed by atoms with Crippen molar-refractivity contribution in [1.29, 1.82) is 0 Å². The molecular weight excluding hydrogens is 206 g/mol. The van der Waals surface area contributed by atoms with Gasteiger partial charge in [-0.1, -0.05) is 6.07 Å². The van der Waals surface area contributed by atoms with Crippen LogP contribution >= 0.6 is 0 Å². The van der Waals surface area contributed by atoms with Gasteiger partial charge in [0.25, 0.3) is 0 Å². The number of benzene rings is 1. The summed E-state index contributed by atoms with van der Waals surface area (Å²) in [5.41, 5.74) is 8.64. The van der Waals surface area contributed by atoms with Crippen LogP contribution in [0.25, 0.3) is 0 Å². The summed E-state index contributed by atoms with van der Waals surface area (Å²) in [4.78, 5) is 11.6. The lowest BCUT2D eigenvalue weighted by atomic mass is 10.0. The molecule has 0 heterocycles. The lowest BCUT2D eigenvalue weighted by Gasteiger charge is -2.09. The molecule has 1 rings (SSSR count). The summed E-state index contributed by atoms with van der Waals surface area (Å²) >= 11 is 0. The summed E-state index contributed by atoms with van der Waals surface area (Å²) in [7, 11) is 0. The minimum atomic E-state index is -0.405. The van der Waals surface area contributed by atoms with Gasteiger partial charge < -0.3 is 15.2 Å². The number of carbonyl (C=O) groups is 1. The van der Waals surface area contributed by atoms with E-state index in [1.807, 2.05) is 26.8 Å². The monoisotopic (exact) mass is 223 g/mol. The van der Waals surface area contributed by atoms with Crippen LogP contribution in [0, 0.1) is 13.8 Å². The van der Waals surface area contributed by atoms with E-state index in [1.165, 1.54) is 0 Å². The molecule has 0 amide bonds. The number of esters is 1. The van der Waals surface area contributed by atoms with Gasteiger partial charge in [-0.25, -0.2) is 4.79 Å². The Kier molecular flexibility index (Phi) is 4.31. The number of ether oxygens (including phenoxy) is 2. The highest BCUT2D eigenvalue weighted by Crippen LogP contribution is 2.18. The zero-order valence-corrected chi connectivity index (χ0v) is 9.87. The van der Waals surface area contributed by atoms with Crippen molar-refractivity contribution in [3.8, 4) is 0 Å². The van der Waals surface area contributed by atoms with Gasteiger partial charge in [-0.05, 0) is 38.0 Å². The van der Waals surface area contributed by atoms with Crippen LogP contribution in [0.5, 0.6) is 0 Å². The maximum atomic E-state index is 11.6. The summed E-state index contributed by atoms with van der Waals surface area (Å²) < 4.78 is 9.87. The fourth-order valence-electron chi connectivity index (χ4n) is 1.35. The van der Waals surface area contributed by atoms with Crippen LogP contribution in [0.1, 0.15) is 28.4 Å². The third-order valence-corrected chi connectivity index (χ3v) is 2.31. The molecule has 0 aliphatic carbocycles. The van der Waals surface area contributed by atoms with Gasteiger partial charge in [-0.2, -0.15) is 0 Å². The minimum absolute atomic E-state index is 0.0252. The van der Waals surface area contributed by atoms with Crippen molar-refractivity contribution < 1.29 is 14.3 Å². The van der Waals surface area contributed by atoms with E-state index in [9.17, 15) is 4.79 Å². The van der Waals surface area contributed by atoms with Gasteiger partial charge in [-0.3, -0.25) is 0 Å². The molecular formula is C12H17NO3. The second kappa shape index (κ2) is 5.51. The Labute approximate surface area is 95.3 Å². The minimum Gasteiger partial charge on any atom is -0.435 e. The van der Waals surface area contributed by atoms with Crippen LogP contribution < -0.4 is 5.73 Å². The molecule has 0 aliphatic rings. The van der Waals surface area contributed by atoms with Crippen molar-refractivity contribution in [3.05, 3.63) is 28.8 Å². The third-order valence-electron chi connectivity index (χ3n) is 2.31. The first-order valence-electron chi connectivity index (χ1n) is 5.17. The normalized spacial score (nSPS) is 10.2. The molecule has 4 heteroatoms. The number of aryl methyl sites for hydroxylation is 2. The number of hydrogen-bond donors (Lipinski definition) is 1. The van der Waals surface area contributed by atoms with Crippen molar-refractivity contribution in [3.63, 3.8) is 0 Å². The molecule has 0 atom stereocenters. The van der Waals surface area contributed by atoms with Gasteiger partial charge in [0, 0.05) is 12.3 Å². The summed E-state index contributed by atoms with van der Waals surface area (Å²) in [6.45, 7) is 6.08. The number of hydrogen-bond acceptors (Lipinski definition) is 4. The Morgan fingerprint density at radius 3 is 2.62 bits per heavy atom. The van der Waals surface area contributed by atoms with Gasteiger partial charge in [0.15, 0.2) is 6.79 Å². The molecule has 1 aromatic rings. The molecule has 0 fully saturated rings. The lowest BCUT2D eigenvalue weighted by Crippen LogP contribution is -2.11. The van der Waals surface area contributed by atoms with Crippen LogP contribution in [0.3, 0.4) is 0 Å². The molecule has 2 N–H and O–H groups in total. The molecule has 0 saturated carbocycles. The Balaban J connectivity index is 2.79. The molecule has 4 nitrogen and oxygen atoms in total. The van der Waals surface area contributed by atoms with Crippen LogP contribution in [-0.4, -0.2) is 19.4 Å². The van der Waals surface area contributed by atoms with Crippen molar-refractivity contribution in [1.82, 2.24) is 0 Å². The van der Waals surface area contributed by atoms with Crippen molar-refractivity contribution in [2.75, 3.05) is 19.1 Å².